The van der Waals surface area contributed by atoms with Crippen LogP contribution in [0.25, 0.3) is 0 Å². The molecule has 2 aromatic carbocycles. The van der Waals surface area contributed by atoms with Gasteiger partial charge in [0.15, 0.2) is 5.82 Å². The molecule has 0 aliphatic heterocycles. The monoisotopic (exact) mass is 399 g/mol. The zero-order valence-electron chi connectivity index (χ0n) is 17.5. The summed E-state index contributed by atoms with van der Waals surface area (Å²) in [4.78, 5) is 12.6. The molecule has 6 heteroatoms. The molecule has 1 N–H and O–H groups in total. The molecule has 2 heterocycles. The van der Waals surface area contributed by atoms with Crippen LogP contribution in [0.5, 0.6) is 0 Å². The van der Waals surface area contributed by atoms with Crippen molar-refractivity contribution in [3.05, 3.63) is 101 Å². The second-order valence-electron chi connectivity index (χ2n) is 7.62. The zero-order chi connectivity index (χ0) is 21.1. The lowest BCUT2D eigenvalue weighted by molar-refractivity contribution is 0.102. The van der Waals surface area contributed by atoms with Crippen LogP contribution >= 0.6 is 0 Å². The summed E-state index contributed by atoms with van der Waals surface area (Å²) >= 11 is 0. The summed E-state index contributed by atoms with van der Waals surface area (Å²) in [5.74, 6) is 0.368. The van der Waals surface area contributed by atoms with Crippen molar-refractivity contribution in [1.82, 2.24) is 19.6 Å². The summed E-state index contributed by atoms with van der Waals surface area (Å²) in [6.45, 7) is 7.45. The van der Waals surface area contributed by atoms with Gasteiger partial charge in [-0.3, -0.25) is 14.2 Å². The van der Waals surface area contributed by atoms with Crippen molar-refractivity contribution in [2.75, 3.05) is 5.32 Å². The van der Waals surface area contributed by atoms with E-state index in [1.807, 2.05) is 65.8 Å². The van der Waals surface area contributed by atoms with Gasteiger partial charge in [0.05, 0.1) is 18.8 Å². The van der Waals surface area contributed by atoms with Crippen LogP contribution in [0.2, 0.25) is 0 Å². The van der Waals surface area contributed by atoms with E-state index in [2.05, 4.69) is 46.7 Å². The molecule has 30 heavy (non-hydrogen) atoms. The Morgan fingerprint density at radius 3 is 2.40 bits per heavy atom. The van der Waals surface area contributed by atoms with Gasteiger partial charge >= 0.3 is 0 Å². The van der Waals surface area contributed by atoms with Gasteiger partial charge in [-0.05, 0) is 50.1 Å². The first-order valence-electron chi connectivity index (χ1n) is 9.96. The van der Waals surface area contributed by atoms with Crippen molar-refractivity contribution in [2.24, 2.45) is 0 Å². The van der Waals surface area contributed by atoms with Gasteiger partial charge in [0.25, 0.3) is 5.91 Å². The van der Waals surface area contributed by atoms with Crippen molar-refractivity contribution in [3.8, 4) is 0 Å². The normalized spacial score (nSPS) is 10.9. The van der Waals surface area contributed by atoms with Crippen LogP contribution in [-0.2, 0) is 13.1 Å². The maximum atomic E-state index is 12.6. The van der Waals surface area contributed by atoms with Crippen molar-refractivity contribution in [3.63, 3.8) is 0 Å². The Balaban J connectivity index is 1.38. The molecule has 4 aromatic rings. The average Bonchev–Trinajstić information content (AvgIpc) is 3.27. The number of rotatable bonds is 6. The first-order valence-corrected chi connectivity index (χ1v) is 9.96. The molecule has 0 aliphatic rings. The highest BCUT2D eigenvalue weighted by Crippen LogP contribution is 2.12. The summed E-state index contributed by atoms with van der Waals surface area (Å²) < 4.78 is 3.78. The van der Waals surface area contributed by atoms with Crippen molar-refractivity contribution >= 4 is 11.7 Å². The number of hydrogen-bond donors (Lipinski definition) is 1. The molecule has 2 aromatic heterocycles. The van der Waals surface area contributed by atoms with E-state index >= 15 is 0 Å². The van der Waals surface area contributed by atoms with E-state index in [1.165, 1.54) is 11.1 Å². The van der Waals surface area contributed by atoms with Gasteiger partial charge < -0.3 is 5.32 Å². The zero-order valence-corrected chi connectivity index (χ0v) is 17.5. The number of nitrogens with zero attached hydrogens (tertiary/aromatic N) is 4. The number of carbonyl (C=O) groups is 1. The highest BCUT2D eigenvalue weighted by molar-refractivity contribution is 6.03. The number of aromatic nitrogens is 4. The van der Waals surface area contributed by atoms with E-state index < -0.39 is 0 Å². The summed E-state index contributed by atoms with van der Waals surface area (Å²) in [6, 6.07) is 19.8. The lowest BCUT2D eigenvalue weighted by atomic mass is 10.1. The molecule has 1 amide bonds. The quantitative estimate of drug-likeness (QED) is 0.524. The summed E-state index contributed by atoms with van der Waals surface area (Å²) in [6.07, 6.45) is 1.87. The Morgan fingerprint density at radius 2 is 1.70 bits per heavy atom. The largest absolute Gasteiger partial charge is 0.305 e. The molecule has 6 nitrogen and oxygen atoms in total. The Labute approximate surface area is 176 Å². The molecule has 0 saturated heterocycles. The standard InChI is InChI=1S/C24H25N5O/c1-17-5-4-6-21(13-17)15-28-12-11-23(27-28)25-24(30)22-9-7-20(8-10-22)16-29-19(3)14-18(2)26-29/h4-14H,15-16H2,1-3H3,(H,25,27,30). The third kappa shape index (κ3) is 4.66. The predicted octanol–water partition coefficient (Wildman–Crippen LogP) is 4.35. The van der Waals surface area contributed by atoms with Crippen LogP contribution in [0, 0.1) is 20.8 Å². The van der Waals surface area contributed by atoms with E-state index in [-0.39, 0.29) is 5.91 Å². The number of carbonyl (C=O) groups excluding carboxylic acids is 1. The lowest BCUT2D eigenvalue weighted by Gasteiger charge is -2.07. The fourth-order valence-corrected chi connectivity index (χ4v) is 3.47. The van der Waals surface area contributed by atoms with Crippen LogP contribution in [-0.4, -0.2) is 25.5 Å². The Hall–Kier alpha value is -3.67. The maximum absolute atomic E-state index is 12.6. The molecule has 0 atom stereocenters. The molecule has 0 fully saturated rings. The Morgan fingerprint density at radius 1 is 0.900 bits per heavy atom. The Kier molecular flexibility index (Phi) is 5.48. The highest BCUT2D eigenvalue weighted by Gasteiger charge is 2.09. The molecule has 4 rings (SSSR count). The summed E-state index contributed by atoms with van der Waals surface area (Å²) in [5.41, 5.74) is 6.21. The fourth-order valence-electron chi connectivity index (χ4n) is 3.47. The van der Waals surface area contributed by atoms with Crippen molar-refractivity contribution < 1.29 is 4.79 Å². The maximum Gasteiger partial charge on any atom is 0.256 e. The van der Waals surface area contributed by atoms with Gasteiger partial charge in [-0.15, -0.1) is 0 Å². The first kappa shape index (κ1) is 19.6. The molecule has 0 saturated carbocycles. The minimum absolute atomic E-state index is 0.173. The summed E-state index contributed by atoms with van der Waals surface area (Å²) in [7, 11) is 0. The van der Waals surface area contributed by atoms with Crippen LogP contribution in [0.15, 0.2) is 66.9 Å². The minimum atomic E-state index is -0.173. The third-order valence-corrected chi connectivity index (χ3v) is 4.96. The topological polar surface area (TPSA) is 64.7 Å². The summed E-state index contributed by atoms with van der Waals surface area (Å²) in [5, 5.41) is 11.8. The average molecular weight is 399 g/mol. The van der Waals surface area contributed by atoms with Crippen molar-refractivity contribution in [1.29, 1.82) is 0 Å². The second kappa shape index (κ2) is 8.37. The van der Waals surface area contributed by atoms with E-state index in [9.17, 15) is 4.79 Å². The number of aryl methyl sites for hydroxylation is 3. The van der Waals surface area contributed by atoms with Crippen LogP contribution in [0.4, 0.5) is 5.82 Å². The van der Waals surface area contributed by atoms with Crippen molar-refractivity contribution in [2.45, 2.75) is 33.9 Å². The highest BCUT2D eigenvalue weighted by atomic mass is 16.1. The van der Waals surface area contributed by atoms with E-state index in [1.54, 1.807) is 0 Å². The molecular formula is C24H25N5O. The van der Waals surface area contributed by atoms with Crippen LogP contribution in [0.1, 0.15) is 38.4 Å². The first-order chi connectivity index (χ1) is 14.5. The van der Waals surface area contributed by atoms with Gasteiger partial charge in [0, 0.05) is 23.5 Å². The van der Waals surface area contributed by atoms with E-state index in [0.29, 0.717) is 24.5 Å². The van der Waals surface area contributed by atoms with Crippen LogP contribution in [0.3, 0.4) is 0 Å². The molecule has 0 bridgehead atoms. The van der Waals surface area contributed by atoms with Gasteiger partial charge in [-0.1, -0.05) is 42.0 Å². The molecule has 0 radical (unpaired) electrons. The van der Waals surface area contributed by atoms with E-state index in [4.69, 9.17) is 0 Å². The minimum Gasteiger partial charge on any atom is -0.305 e. The van der Waals surface area contributed by atoms with Gasteiger partial charge in [0.1, 0.15) is 0 Å². The SMILES string of the molecule is Cc1cccc(Cn2ccc(NC(=O)c3ccc(Cn4nc(C)cc4C)cc3)n2)c1. The van der Waals surface area contributed by atoms with Gasteiger partial charge in [-0.2, -0.15) is 10.2 Å². The Bertz CT molecular complexity index is 1170. The smallest absolute Gasteiger partial charge is 0.256 e. The molecule has 0 spiro atoms. The number of benzene rings is 2. The number of anilines is 1. The predicted molar refractivity (Wildman–Crippen MR) is 118 cm³/mol. The number of nitrogens with one attached hydrogen (secondary N) is 1. The molecule has 0 aliphatic carbocycles. The molecular weight excluding hydrogens is 374 g/mol. The third-order valence-electron chi connectivity index (χ3n) is 4.96. The molecule has 152 valence electrons. The number of hydrogen-bond acceptors (Lipinski definition) is 3. The number of amides is 1. The lowest BCUT2D eigenvalue weighted by Crippen LogP contribution is -2.13. The van der Waals surface area contributed by atoms with Gasteiger partial charge in [0.2, 0.25) is 0 Å². The van der Waals surface area contributed by atoms with E-state index in [0.717, 1.165) is 17.0 Å². The fraction of sp³-hybridized carbons (Fsp3) is 0.208. The molecule has 0 unspecified atom stereocenters. The van der Waals surface area contributed by atoms with Gasteiger partial charge in [-0.25, -0.2) is 0 Å². The second-order valence-corrected chi connectivity index (χ2v) is 7.62. The van der Waals surface area contributed by atoms with Crippen LogP contribution < -0.4 is 5.32 Å².